The summed E-state index contributed by atoms with van der Waals surface area (Å²) in [5.74, 6) is 0.560. The average molecular weight is 296 g/mol. The van der Waals surface area contributed by atoms with Crippen LogP contribution in [0.2, 0.25) is 0 Å². The van der Waals surface area contributed by atoms with Gasteiger partial charge in [-0.1, -0.05) is 19.8 Å². The molecule has 5 heteroatoms. The van der Waals surface area contributed by atoms with Gasteiger partial charge in [-0.25, -0.2) is 4.98 Å². The Morgan fingerprint density at radius 1 is 1.50 bits per heavy atom. The molecule has 0 amide bonds. The van der Waals surface area contributed by atoms with E-state index in [4.69, 9.17) is 0 Å². The summed E-state index contributed by atoms with van der Waals surface area (Å²) in [7, 11) is 3.57. The van der Waals surface area contributed by atoms with Crippen LogP contribution in [0.4, 0.5) is 5.13 Å². The van der Waals surface area contributed by atoms with Crippen molar-refractivity contribution >= 4 is 22.4 Å². The molecule has 0 radical (unpaired) electrons. The van der Waals surface area contributed by atoms with Gasteiger partial charge in [-0.2, -0.15) is 0 Å². The monoisotopic (exact) mass is 296 g/mol. The summed E-state index contributed by atoms with van der Waals surface area (Å²) in [6.07, 6.45) is 6.32. The fourth-order valence-electron chi connectivity index (χ4n) is 2.92. The molecule has 20 heavy (non-hydrogen) atoms. The third-order valence-electron chi connectivity index (χ3n) is 4.22. The molecule has 0 saturated heterocycles. The van der Waals surface area contributed by atoms with E-state index in [0.717, 1.165) is 16.7 Å². The van der Waals surface area contributed by atoms with Gasteiger partial charge in [0.2, 0.25) is 0 Å². The first-order valence-electron chi connectivity index (χ1n) is 7.36. The number of methoxy groups -OCH3 is 1. The first-order valence-corrected chi connectivity index (χ1v) is 8.24. The SMILES string of the molecule is COC(=O)CCc1csc(N(C)C2CCCCC2C)n1. The summed E-state index contributed by atoms with van der Waals surface area (Å²) in [4.78, 5) is 18.2. The molecular formula is C15H24N2O2S. The second kappa shape index (κ2) is 7.07. The average Bonchev–Trinajstić information content (AvgIpc) is 2.93. The Bertz CT molecular complexity index is 447. The summed E-state index contributed by atoms with van der Waals surface area (Å²) >= 11 is 1.68. The Kier molecular flexibility index (Phi) is 5.40. The van der Waals surface area contributed by atoms with Gasteiger partial charge in [0.05, 0.1) is 19.2 Å². The molecule has 1 aliphatic carbocycles. The maximum atomic E-state index is 11.2. The Morgan fingerprint density at radius 3 is 2.95 bits per heavy atom. The maximum Gasteiger partial charge on any atom is 0.305 e. The van der Waals surface area contributed by atoms with Gasteiger partial charge >= 0.3 is 5.97 Å². The first kappa shape index (κ1) is 15.3. The maximum absolute atomic E-state index is 11.2. The van der Waals surface area contributed by atoms with Crippen LogP contribution in [-0.4, -0.2) is 31.2 Å². The lowest BCUT2D eigenvalue weighted by Crippen LogP contribution is -2.38. The summed E-state index contributed by atoms with van der Waals surface area (Å²) in [5.41, 5.74) is 0.991. The van der Waals surface area contributed by atoms with Crippen LogP contribution in [0, 0.1) is 5.92 Å². The standard InChI is InChI=1S/C15H24N2O2S/c1-11-6-4-5-7-13(11)17(2)15-16-12(10-20-15)8-9-14(18)19-3/h10-11,13H,4-9H2,1-3H3. The molecule has 2 unspecified atom stereocenters. The Hall–Kier alpha value is -1.10. The van der Waals surface area contributed by atoms with E-state index in [1.807, 2.05) is 0 Å². The van der Waals surface area contributed by atoms with Crippen molar-refractivity contribution in [1.29, 1.82) is 0 Å². The summed E-state index contributed by atoms with van der Waals surface area (Å²) in [5, 5.41) is 3.13. The van der Waals surface area contributed by atoms with E-state index in [2.05, 4.69) is 34.0 Å². The predicted molar refractivity (Wildman–Crippen MR) is 82.3 cm³/mol. The predicted octanol–water partition coefficient (Wildman–Crippen LogP) is 3.26. The van der Waals surface area contributed by atoms with Gasteiger partial charge in [-0.15, -0.1) is 11.3 Å². The van der Waals surface area contributed by atoms with Gasteiger partial charge < -0.3 is 9.64 Å². The molecule has 0 bridgehead atoms. The third-order valence-corrected chi connectivity index (χ3v) is 5.20. The zero-order valence-corrected chi connectivity index (χ0v) is 13.4. The number of carbonyl (C=O) groups excluding carboxylic acids is 1. The van der Waals surface area contributed by atoms with Crippen molar-refractivity contribution in [2.75, 3.05) is 19.1 Å². The molecule has 2 atom stereocenters. The Morgan fingerprint density at radius 2 is 2.25 bits per heavy atom. The molecule has 0 aliphatic heterocycles. The van der Waals surface area contributed by atoms with Crippen LogP contribution in [0.3, 0.4) is 0 Å². The van der Waals surface area contributed by atoms with Gasteiger partial charge in [0, 0.05) is 24.9 Å². The molecule has 112 valence electrons. The number of anilines is 1. The van der Waals surface area contributed by atoms with Gasteiger partial charge in [-0.3, -0.25) is 4.79 Å². The topological polar surface area (TPSA) is 42.4 Å². The quantitative estimate of drug-likeness (QED) is 0.782. The second-order valence-electron chi connectivity index (χ2n) is 5.64. The summed E-state index contributed by atoms with van der Waals surface area (Å²) in [6.45, 7) is 2.34. The van der Waals surface area contributed by atoms with Crippen LogP contribution >= 0.6 is 11.3 Å². The molecule has 1 aliphatic rings. The highest BCUT2D eigenvalue weighted by molar-refractivity contribution is 7.13. The van der Waals surface area contributed by atoms with Crippen LogP contribution in [-0.2, 0) is 16.0 Å². The van der Waals surface area contributed by atoms with Crippen LogP contribution in [0.25, 0.3) is 0 Å². The van der Waals surface area contributed by atoms with E-state index in [9.17, 15) is 4.79 Å². The molecule has 1 fully saturated rings. The lowest BCUT2D eigenvalue weighted by Gasteiger charge is -2.36. The minimum absolute atomic E-state index is 0.172. The summed E-state index contributed by atoms with van der Waals surface area (Å²) in [6, 6.07) is 0.600. The van der Waals surface area contributed by atoms with Gasteiger partial charge in [-0.05, 0) is 18.8 Å². The molecule has 1 aromatic rings. The van der Waals surface area contributed by atoms with Gasteiger partial charge in [0.25, 0.3) is 0 Å². The van der Waals surface area contributed by atoms with Gasteiger partial charge in [0.15, 0.2) is 5.13 Å². The van der Waals surface area contributed by atoms with E-state index in [0.29, 0.717) is 18.9 Å². The number of carbonyl (C=O) groups is 1. The molecule has 0 aromatic carbocycles. The third kappa shape index (κ3) is 3.72. The minimum atomic E-state index is -0.172. The number of thiazole rings is 1. The zero-order valence-electron chi connectivity index (χ0n) is 12.6. The van der Waals surface area contributed by atoms with Crippen molar-refractivity contribution in [3.63, 3.8) is 0 Å². The lowest BCUT2D eigenvalue weighted by atomic mass is 9.85. The number of ether oxygens (including phenoxy) is 1. The van der Waals surface area contributed by atoms with Crippen molar-refractivity contribution < 1.29 is 9.53 Å². The van der Waals surface area contributed by atoms with Crippen LogP contribution in [0.5, 0.6) is 0 Å². The van der Waals surface area contributed by atoms with E-state index in [-0.39, 0.29) is 5.97 Å². The number of aryl methyl sites for hydroxylation is 1. The van der Waals surface area contributed by atoms with Crippen molar-refractivity contribution in [2.45, 2.75) is 51.5 Å². The number of nitrogens with zero attached hydrogens (tertiary/aromatic N) is 2. The zero-order chi connectivity index (χ0) is 14.5. The number of aromatic nitrogens is 1. The minimum Gasteiger partial charge on any atom is -0.469 e. The van der Waals surface area contributed by atoms with E-state index in [1.54, 1.807) is 11.3 Å². The fraction of sp³-hybridized carbons (Fsp3) is 0.733. The largest absolute Gasteiger partial charge is 0.469 e. The van der Waals surface area contributed by atoms with Crippen molar-refractivity contribution in [2.24, 2.45) is 5.92 Å². The molecule has 2 rings (SSSR count). The van der Waals surface area contributed by atoms with Crippen LogP contribution in [0.1, 0.15) is 44.7 Å². The smallest absolute Gasteiger partial charge is 0.305 e. The highest BCUT2D eigenvalue weighted by atomic mass is 32.1. The number of rotatable bonds is 5. The molecule has 1 saturated carbocycles. The number of hydrogen-bond donors (Lipinski definition) is 0. The van der Waals surface area contributed by atoms with Crippen molar-refractivity contribution in [1.82, 2.24) is 4.98 Å². The second-order valence-corrected chi connectivity index (χ2v) is 6.47. The van der Waals surface area contributed by atoms with Crippen LogP contribution < -0.4 is 4.90 Å². The Balaban J connectivity index is 1.95. The highest BCUT2D eigenvalue weighted by Crippen LogP contribution is 2.31. The first-order chi connectivity index (χ1) is 9.61. The fourth-order valence-corrected chi connectivity index (χ4v) is 3.80. The van der Waals surface area contributed by atoms with E-state index in [1.165, 1.54) is 32.8 Å². The molecule has 1 heterocycles. The van der Waals surface area contributed by atoms with E-state index < -0.39 is 0 Å². The van der Waals surface area contributed by atoms with Crippen LogP contribution in [0.15, 0.2) is 5.38 Å². The number of hydrogen-bond acceptors (Lipinski definition) is 5. The molecule has 0 spiro atoms. The van der Waals surface area contributed by atoms with Crippen molar-refractivity contribution in [3.05, 3.63) is 11.1 Å². The molecule has 1 aromatic heterocycles. The van der Waals surface area contributed by atoms with Crippen molar-refractivity contribution in [3.8, 4) is 0 Å². The van der Waals surface area contributed by atoms with Gasteiger partial charge in [0.1, 0.15) is 0 Å². The normalized spacial score (nSPS) is 22.6. The number of esters is 1. The summed E-state index contributed by atoms with van der Waals surface area (Å²) < 4.78 is 4.66. The molecular weight excluding hydrogens is 272 g/mol. The Labute approximate surface area is 125 Å². The highest BCUT2D eigenvalue weighted by Gasteiger charge is 2.26. The molecule has 4 nitrogen and oxygen atoms in total. The lowest BCUT2D eigenvalue weighted by molar-refractivity contribution is -0.140. The van der Waals surface area contributed by atoms with E-state index >= 15 is 0 Å². The molecule has 0 N–H and O–H groups in total.